The van der Waals surface area contributed by atoms with E-state index in [0.29, 0.717) is 0 Å². The van der Waals surface area contributed by atoms with Gasteiger partial charge in [-0.25, -0.2) is 4.39 Å². The summed E-state index contributed by atoms with van der Waals surface area (Å²) >= 11 is 4.13. The molecule has 0 saturated carbocycles. The summed E-state index contributed by atoms with van der Waals surface area (Å²) < 4.78 is 49.1. The van der Waals surface area contributed by atoms with Crippen LogP contribution in [0.4, 0.5) is 17.6 Å². The van der Waals surface area contributed by atoms with E-state index in [0.717, 1.165) is 12.1 Å². The minimum Gasteiger partial charge on any atom is -0.205 e. The van der Waals surface area contributed by atoms with Crippen molar-refractivity contribution in [3.63, 3.8) is 0 Å². The van der Waals surface area contributed by atoms with Crippen molar-refractivity contribution in [2.45, 2.75) is 6.18 Å². The molecule has 0 bridgehead atoms. The highest BCUT2D eigenvalue weighted by atomic mass is 127. The van der Waals surface area contributed by atoms with Gasteiger partial charge in [-0.3, -0.25) is 0 Å². The average molecular weight is 369 g/mol. The van der Waals surface area contributed by atoms with Crippen LogP contribution in [0.15, 0.2) is 16.6 Å². The number of hydrogen-bond donors (Lipinski definition) is 0. The van der Waals surface area contributed by atoms with Crippen LogP contribution in [-0.2, 0) is 6.18 Å². The highest BCUT2D eigenvalue weighted by Crippen LogP contribution is 2.35. The predicted octanol–water partition coefficient (Wildman–Crippen LogP) is 4.21. The molecule has 1 aromatic carbocycles. The molecule has 0 atom stereocenters. The molecule has 1 aromatic rings. The molecule has 0 unspecified atom stereocenters. The molecule has 1 rings (SSSR count). The molecule has 0 aliphatic carbocycles. The second-order valence-electron chi connectivity index (χ2n) is 2.22. The second kappa shape index (κ2) is 3.72. The lowest BCUT2D eigenvalue weighted by Gasteiger charge is -2.09. The van der Waals surface area contributed by atoms with Gasteiger partial charge in [-0.2, -0.15) is 13.2 Å². The lowest BCUT2D eigenvalue weighted by Crippen LogP contribution is -2.08. The first-order valence-corrected chi connectivity index (χ1v) is 4.92. The largest absolute Gasteiger partial charge is 0.417 e. The van der Waals surface area contributed by atoms with Crippen molar-refractivity contribution in [1.82, 2.24) is 0 Å². The van der Waals surface area contributed by atoms with E-state index in [-0.39, 0.29) is 4.47 Å². The SMILES string of the molecule is Fc1c(Br)ccc(C(F)(F)F)c1I. The van der Waals surface area contributed by atoms with Crippen LogP contribution >= 0.6 is 38.5 Å². The third-order valence-corrected chi connectivity index (χ3v) is 3.01. The van der Waals surface area contributed by atoms with E-state index >= 15 is 0 Å². The van der Waals surface area contributed by atoms with Crippen LogP contribution in [0.3, 0.4) is 0 Å². The Morgan fingerprint density at radius 1 is 1.23 bits per heavy atom. The maximum atomic E-state index is 13.0. The molecule has 0 fully saturated rings. The summed E-state index contributed by atoms with van der Waals surface area (Å²) in [6, 6.07) is 1.88. The molecule has 6 heteroatoms. The van der Waals surface area contributed by atoms with Crippen molar-refractivity contribution in [2.24, 2.45) is 0 Å². The molecular weight excluding hydrogens is 367 g/mol. The molecule has 0 aliphatic heterocycles. The summed E-state index contributed by atoms with van der Waals surface area (Å²) in [5, 5.41) is 0. The first kappa shape index (κ1) is 11.2. The number of halogens is 6. The van der Waals surface area contributed by atoms with Crippen LogP contribution in [0, 0.1) is 9.39 Å². The first-order valence-electron chi connectivity index (χ1n) is 3.04. The van der Waals surface area contributed by atoms with Gasteiger partial charge in [-0.1, -0.05) is 0 Å². The fourth-order valence-corrected chi connectivity index (χ4v) is 2.22. The van der Waals surface area contributed by atoms with Crippen molar-refractivity contribution in [3.8, 4) is 0 Å². The molecule has 0 N–H and O–H groups in total. The summed E-state index contributed by atoms with van der Waals surface area (Å²) in [4.78, 5) is 0. The van der Waals surface area contributed by atoms with Gasteiger partial charge in [0.2, 0.25) is 0 Å². The lowest BCUT2D eigenvalue weighted by molar-refractivity contribution is -0.138. The Balaban J connectivity index is 3.35. The number of alkyl halides is 3. The van der Waals surface area contributed by atoms with E-state index in [1.807, 2.05) is 0 Å². The van der Waals surface area contributed by atoms with Crippen molar-refractivity contribution >= 4 is 38.5 Å². The van der Waals surface area contributed by atoms with Gasteiger partial charge >= 0.3 is 6.18 Å². The molecule has 0 aliphatic rings. The Morgan fingerprint density at radius 3 is 2.23 bits per heavy atom. The molecule has 0 aromatic heterocycles. The molecular formula is C7H2BrF4I. The van der Waals surface area contributed by atoms with E-state index < -0.39 is 21.1 Å². The highest BCUT2D eigenvalue weighted by Gasteiger charge is 2.34. The molecule has 13 heavy (non-hydrogen) atoms. The summed E-state index contributed by atoms with van der Waals surface area (Å²) in [6.07, 6.45) is -4.50. The standard InChI is InChI=1S/C7H2BrF4I/c8-4-2-1-3(7(10,11)12)6(13)5(4)9/h1-2H. The maximum Gasteiger partial charge on any atom is 0.417 e. The Kier molecular flexibility index (Phi) is 3.21. The van der Waals surface area contributed by atoms with Gasteiger partial charge in [0.15, 0.2) is 5.82 Å². The zero-order valence-corrected chi connectivity index (χ0v) is 9.67. The fourth-order valence-electron chi connectivity index (χ4n) is 0.745. The monoisotopic (exact) mass is 368 g/mol. The normalized spacial score (nSPS) is 11.8. The van der Waals surface area contributed by atoms with Gasteiger partial charge in [0.1, 0.15) is 0 Å². The van der Waals surface area contributed by atoms with E-state index in [1.54, 1.807) is 0 Å². The quantitative estimate of drug-likeness (QED) is 0.365. The Labute approximate surface area is 93.6 Å². The van der Waals surface area contributed by atoms with Gasteiger partial charge in [0.25, 0.3) is 0 Å². The minimum absolute atomic E-state index is 0.0323. The zero-order chi connectivity index (χ0) is 10.2. The van der Waals surface area contributed by atoms with E-state index in [2.05, 4.69) is 15.9 Å². The van der Waals surface area contributed by atoms with Crippen LogP contribution in [0.1, 0.15) is 5.56 Å². The number of rotatable bonds is 0. The highest BCUT2D eigenvalue weighted by molar-refractivity contribution is 14.1. The second-order valence-corrected chi connectivity index (χ2v) is 4.15. The summed E-state index contributed by atoms with van der Waals surface area (Å²) in [5.41, 5.74) is -0.950. The molecule has 0 nitrogen and oxygen atoms in total. The third kappa shape index (κ3) is 2.34. The van der Waals surface area contributed by atoms with Crippen LogP contribution in [0.2, 0.25) is 0 Å². The number of benzene rings is 1. The van der Waals surface area contributed by atoms with Crippen molar-refractivity contribution < 1.29 is 17.6 Å². The van der Waals surface area contributed by atoms with E-state index in [9.17, 15) is 17.6 Å². The van der Waals surface area contributed by atoms with E-state index in [1.165, 1.54) is 22.6 Å². The lowest BCUT2D eigenvalue weighted by atomic mass is 10.2. The smallest absolute Gasteiger partial charge is 0.205 e. The predicted molar refractivity (Wildman–Crippen MR) is 51.8 cm³/mol. The van der Waals surface area contributed by atoms with Crippen LogP contribution in [-0.4, -0.2) is 0 Å². The Bertz CT molecular complexity index is 334. The third-order valence-electron chi connectivity index (χ3n) is 1.34. The minimum atomic E-state index is -4.50. The van der Waals surface area contributed by atoms with Gasteiger partial charge in [-0.05, 0) is 50.7 Å². The Morgan fingerprint density at radius 2 is 1.77 bits per heavy atom. The Hall–Kier alpha value is 0.150. The maximum absolute atomic E-state index is 13.0. The molecule has 0 amide bonds. The van der Waals surface area contributed by atoms with Gasteiger partial charge < -0.3 is 0 Å². The van der Waals surface area contributed by atoms with Gasteiger partial charge in [0.05, 0.1) is 13.6 Å². The molecule has 0 heterocycles. The average Bonchev–Trinajstić information content (AvgIpc) is 1.98. The van der Waals surface area contributed by atoms with Crippen molar-refractivity contribution in [1.29, 1.82) is 0 Å². The topological polar surface area (TPSA) is 0 Å². The molecule has 0 saturated heterocycles. The van der Waals surface area contributed by atoms with Gasteiger partial charge in [0, 0.05) is 0 Å². The van der Waals surface area contributed by atoms with Crippen LogP contribution in [0.25, 0.3) is 0 Å². The zero-order valence-electron chi connectivity index (χ0n) is 5.92. The summed E-state index contributed by atoms with van der Waals surface area (Å²) in [6.45, 7) is 0. The van der Waals surface area contributed by atoms with Crippen LogP contribution < -0.4 is 0 Å². The van der Waals surface area contributed by atoms with Crippen LogP contribution in [0.5, 0.6) is 0 Å². The molecule has 0 spiro atoms. The summed E-state index contributed by atoms with van der Waals surface area (Å²) in [5.74, 6) is -0.879. The van der Waals surface area contributed by atoms with Crippen molar-refractivity contribution in [3.05, 3.63) is 31.6 Å². The molecule has 72 valence electrons. The number of hydrogen-bond acceptors (Lipinski definition) is 0. The fraction of sp³-hybridized carbons (Fsp3) is 0.143. The molecule has 0 radical (unpaired) electrons. The van der Waals surface area contributed by atoms with E-state index in [4.69, 9.17) is 0 Å². The van der Waals surface area contributed by atoms with Crippen molar-refractivity contribution in [2.75, 3.05) is 0 Å². The van der Waals surface area contributed by atoms with Gasteiger partial charge in [-0.15, -0.1) is 0 Å². The first-order chi connectivity index (χ1) is 5.84. The summed E-state index contributed by atoms with van der Waals surface area (Å²) in [7, 11) is 0.